The van der Waals surface area contributed by atoms with Crippen LogP contribution in [0.1, 0.15) is 30.7 Å². The first-order chi connectivity index (χ1) is 15.6. The summed E-state index contributed by atoms with van der Waals surface area (Å²) >= 11 is 1.55. The fourth-order valence-corrected chi connectivity index (χ4v) is 5.64. The average molecular weight is 446 g/mol. The first-order valence-electron chi connectivity index (χ1n) is 10.8. The number of unbranched alkanes of at least 4 members (excludes halogenated alkanes) is 1. The summed E-state index contributed by atoms with van der Waals surface area (Å²) in [6, 6.07) is 21.2. The SMILES string of the molecule is CCCCn1c2ccccc2c2cc(N3C(=O)CSC3c3ccc([N+](=O)[O-])cc3)ccc21. The van der Waals surface area contributed by atoms with Crippen LogP contribution >= 0.6 is 11.8 Å². The Bertz CT molecular complexity index is 1330. The molecular weight excluding hydrogens is 422 g/mol. The van der Waals surface area contributed by atoms with Gasteiger partial charge < -0.3 is 4.57 Å². The summed E-state index contributed by atoms with van der Waals surface area (Å²) in [6.07, 6.45) is 2.24. The highest BCUT2D eigenvalue weighted by atomic mass is 32.2. The molecule has 0 spiro atoms. The van der Waals surface area contributed by atoms with Crippen LogP contribution in [0.15, 0.2) is 66.7 Å². The Morgan fingerprint density at radius 2 is 1.78 bits per heavy atom. The van der Waals surface area contributed by atoms with Gasteiger partial charge in [-0.1, -0.05) is 31.5 Å². The summed E-state index contributed by atoms with van der Waals surface area (Å²) in [5.41, 5.74) is 4.18. The maximum absolute atomic E-state index is 12.9. The first kappa shape index (κ1) is 20.6. The molecule has 1 amide bonds. The molecule has 0 N–H and O–H groups in total. The Hall–Kier alpha value is -3.32. The number of carbonyl (C=O) groups is 1. The number of hydrogen-bond acceptors (Lipinski definition) is 4. The van der Waals surface area contributed by atoms with Crippen molar-refractivity contribution >= 4 is 50.8 Å². The zero-order chi connectivity index (χ0) is 22.2. The number of para-hydroxylation sites is 1. The van der Waals surface area contributed by atoms with Crippen LogP contribution in [-0.4, -0.2) is 21.2 Å². The van der Waals surface area contributed by atoms with E-state index in [0.29, 0.717) is 5.75 Å². The van der Waals surface area contributed by atoms with Crippen LogP contribution in [0.5, 0.6) is 0 Å². The topological polar surface area (TPSA) is 68.4 Å². The summed E-state index contributed by atoms with van der Waals surface area (Å²) in [5.74, 6) is 0.435. The van der Waals surface area contributed by atoms with Crippen molar-refractivity contribution in [1.29, 1.82) is 0 Å². The van der Waals surface area contributed by atoms with Crippen molar-refractivity contribution in [2.24, 2.45) is 0 Å². The molecule has 0 bridgehead atoms. The van der Waals surface area contributed by atoms with E-state index in [2.05, 4.69) is 47.9 Å². The van der Waals surface area contributed by atoms with Gasteiger partial charge in [0.15, 0.2) is 0 Å². The minimum Gasteiger partial charge on any atom is -0.340 e. The van der Waals surface area contributed by atoms with E-state index in [1.54, 1.807) is 23.9 Å². The lowest BCUT2D eigenvalue weighted by Crippen LogP contribution is -2.27. The first-order valence-corrected chi connectivity index (χ1v) is 11.8. The zero-order valence-corrected chi connectivity index (χ0v) is 18.5. The van der Waals surface area contributed by atoms with Crippen LogP contribution < -0.4 is 4.90 Å². The molecule has 162 valence electrons. The van der Waals surface area contributed by atoms with E-state index in [9.17, 15) is 14.9 Å². The molecule has 0 radical (unpaired) electrons. The lowest BCUT2D eigenvalue weighted by Gasteiger charge is -2.24. The van der Waals surface area contributed by atoms with Gasteiger partial charge in [-0.2, -0.15) is 0 Å². The third-order valence-electron chi connectivity index (χ3n) is 6.03. The predicted octanol–water partition coefficient (Wildman–Crippen LogP) is 6.28. The van der Waals surface area contributed by atoms with Crippen molar-refractivity contribution in [3.63, 3.8) is 0 Å². The van der Waals surface area contributed by atoms with Gasteiger partial charge in [-0.3, -0.25) is 19.8 Å². The number of aryl methyl sites for hydroxylation is 1. The van der Waals surface area contributed by atoms with Gasteiger partial charge in [0, 0.05) is 46.2 Å². The molecule has 1 aromatic heterocycles. The van der Waals surface area contributed by atoms with Gasteiger partial charge in [-0.15, -0.1) is 11.8 Å². The quantitative estimate of drug-likeness (QED) is 0.259. The number of fused-ring (bicyclic) bond motifs is 3. The molecule has 0 saturated carbocycles. The maximum Gasteiger partial charge on any atom is 0.269 e. The minimum absolute atomic E-state index is 0.0485. The molecule has 0 aliphatic carbocycles. The summed E-state index contributed by atoms with van der Waals surface area (Å²) < 4.78 is 2.37. The Labute approximate surface area is 190 Å². The standard InChI is InChI=1S/C25H23N3O3S/c1-2-3-14-26-22-7-5-4-6-20(22)21-15-19(12-13-23(21)26)27-24(29)16-32-25(27)17-8-10-18(11-9-17)28(30)31/h4-13,15,25H,2-3,14,16H2,1H3. The second kappa shape index (κ2) is 8.31. The van der Waals surface area contributed by atoms with Gasteiger partial charge >= 0.3 is 0 Å². The van der Waals surface area contributed by atoms with E-state index < -0.39 is 4.92 Å². The van der Waals surface area contributed by atoms with E-state index in [1.165, 1.54) is 28.6 Å². The molecule has 1 saturated heterocycles. The van der Waals surface area contributed by atoms with E-state index in [0.717, 1.165) is 36.0 Å². The van der Waals surface area contributed by atoms with Crippen LogP contribution in [0, 0.1) is 10.1 Å². The number of carbonyl (C=O) groups excluding carboxylic acids is 1. The number of aromatic nitrogens is 1. The second-order valence-electron chi connectivity index (χ2n) is 8.00. The van der Waals surface area contributed by atoms with Crippen molar-refractivity contribution in [3.8, 4) is 0 Å². The molecule has 1 atom stereocenters. The summed E-state index contributed by atoms with van der Waals surface area (Å²) in [7, 11) is 0. The normalized spacial score (nSPS) is 16.3. The average Bonchev–Trinajstić information content (AvgIpc) is 3.35. The number of amides is 1. The number of thioether (sulfide) groups is 1. The Balaban J connectivity index is 1.59. The Morgan fingerprint density at radius 1 is 1.03 bits per heavy atom. The van der Waals surface area contributed by atoms with E-state index in [1.807, 2.05) is 11.0 Å². The van der Waals surface area contributed by atoms with Crippen LogP contribution in [0.2, 0.25) is 0 Å². The zero-order valence-electron chi connectivity index (χ0n) is 17.7. The van der Waals surface area contributed by atoms with Crippen LogP contribution in [0.3, 0.4) is 0 Å². The van der Waals surface area contributed by atoms with E-state index >= 15 is 0 Å². The minimum atomic E-state index is -0.406. The number of nitro groups is 1. The van der Waals surface area contributed by atoms with Gasteiger partial charge in [0.1, 0.15) is 5.37 Å². The van der Waals surface area contributed by atoms with E-state index in [-0.39, 0.29) is 17.0 Å². The molecule has 2 heterocycles. The second-order valence-corrected chi connectivity index (χ2v) is 9.07. The van der Waals surface area contributed by atoms with Crippen LogP contribution in [0.25, 0.3) is 21.8 Å². The molecule has 5 rings (SSSR count). The molecule has 6 nitrogen and oxygen atoms in total. The third kappa shape index (κ3) is 3.42. The fourth-order valence-electron chi connectivity index (χ4n) is 4.46. The molecule has 1 aliphatic heterocycles. The lowest BCUT2D eigenvalue weighted by atomic mass is 10.1. The highest BCUT2D eigenvalue weighted by Gasteiger charge is 2.34. The van der Waals surface area contributed by atoms with Crippen molar-refractivity contribution in [3.05, 3.63) is 82.4 Å². The highest BCUT2D eigenvalue weighted by Crippen LogP contribution is 2.43. The maximum atomic E-state index is 12.9. The van der Waals surface area contributed by atoms with Crippen LogP contribution in [-0.2, 0) is 11.3 Å². The summed E-state index contributed by atoms with van der Waals surface area (Å²) in [6.45, 7) is 3.16. The van der Waals surface area contributed by atoms with Gasteiger partial charge in [0.05, 0.1) is 10.7 Å². The van der Waals surface area contributed by atoms with Crippen molar-refractivity contribution < 1.29 is 9.72 Å². The molecule has 4 aromatic rings. The Morgan fingerprint density at radius 3 is 2.53 bits per heavy atom. The van der Waals surface area contributed by atoms with Crippen LogP contribution in [0.4, 0.5) is 11.4 Å². The van der Waals surface area contributed by atoms with E-state index in [4.69, 9.17) is 0 Å². The van der Waals surface area contributed by atoms with Gasteiger partial charge in [-0.05, 0) is 48.4 Å². The molecule has 1 unspecified atom stereocenters. The third-order valence-corrected chi connectivity index (χ3v) is 7.24. The van der Waals surface area contributed by atoms with Gasteiger partial charge in [-0.25, -0.2) is 0 Å². The molecule has 3 aromatic carbocycles. The fraction of sp³-hybridized carbons (Fsp3) is 0.240. The molecule has 1 fully saturated rings. The largest absolute Gasteiger partial charge is 0.340 e. The number of non-ortho nitro benzene ring substituents is 1. The smallest absolute Gasteiger partial charge is 0.269 e. The summed E-state index contributed by atoms with van der Waals surface area (Å²) in [4.78, 5) is 25.3. The number of nitrogens with zero attached hydrogens (tertiary/aromatic N) is 3. The van der Waals surface area contributed by atoms with Gasteiger partial charge in [0.25, 0.3) is 5.69 Å². The molecule has 32 heavy (non-hydrogen) atoms. The van der Waals surface area contributed by atoms with Crippen molar-refractivity contribution in [2.75, 3.05) is 10.7 Å². The predicted molar refractivity (Wildman–Crippen MR) is 130 cm³/mol. The number of hydrogen-bond donors (Lipinski definition) is 0. The van der Waals surface area contributed by atoms with Crippen molar-refractivity contribution in [1.82, 2.24) is 4.57 Å². The highest BCUT2D eigenvalue weighted by molar-refractivity contribution is 8.00. The monoisotopic (exact) mass is 445 g/mol. The number of anilines is 1. The summed E-state index contributed by atoms with van der Waals surface area (Å²) in [5, 5.41) is 13.1. The van der Waals surface area contributed by atoms with Crippen molar-refractivity contribution in [2.45, 2.75) is 31.7 Å². The number of benzene rings is 3. The number of rotatable bonds is 6. The molecule has 1 aliphatic rings. The number of nitro benzene ring substituents is 1. The van der Waals surface area contributed by atoms with Gasteiger partial charge in [0.2, 0.25) is 5.91 Å². The molecule has 7 heteroatoms. The molecular formula is C25H23N3O3S. The lowest BCUT2D eigenvalue weighted by molar-refractivity contribution is -0.384. The Kier molecular flexibility index (Phi) is 5.35.